The number of thiazole rings is 2. The average Bonchev–Trinajstić information content (AvgIpc) is 3.29. The Kier molecular flexibility index (Phi) is 3.18. The summed E-state index contributed by atoms with van der Waals surface area (Å²) >= 11 is 3.37. The molecule has 2 nitrogen and oxygen atoms in total. The first-order valence-electron chi connectivity index (χ1n) is 7.65. The van der Waals surface area contributed by atoms with E-state index in [0.717, 1.165) is 11.0 Å². The van der Waals surface area contributed by atoms with Crippen LogP contribution in [0.3, 0.4) is 0 Å². The molecule has 0 radical (unpaired) electrons. The summed E-state index contributed by atoms with van der Waals surface area (Å²) in [5.74, 6) is 0. The van der Waals surface area contributed by atoms with Gasteiger partial charge in [-0.1, -0.05) is 36.4 Å². The minimum absolute atomic E-state index is 1.06. The van der Waals surface area contributed by atoms with Crippen LogP contribution in [0.1, 0.15) is 0 Å². The highest BCUT2D eigenvalue weighted by Crippen LogP contribution is 2.35. The van der Waals surface area contributed by atoms with E-state index < -0.39 is 0 Å². The monoisotopic (exact) mass is 344 g/mol. The standard InChI is InChI=1S/C20H12N2S2/c1-2-4-16(14-6-8-18-20(10-14)24-12-22-18)15(3-1)13-5-7-17-19(9-13)23-11-21-17/h1-12H. The molecule has 0 spiro atoms. The maximum atomic E-state index is 4.38. The quantitative estimate of drug-likeness (QED) is 0.379. The average molecular weight is 344 g/mol. The van der Waals surface area contributed by atoms with Crippen LogP contribution in [0.2, 0.25) is 0 Å². The third kappa shape index (κ3) is 2.23. The van der Waals surface area contributed by atoms with Crippen LogP contribution in [0.5, 0.6) is 0 Å². The zero-order valence-corrected chi connectivity index (χ0v) is 14.3. The molecule has 24 heavy (non-hydrogen) atoms. The smallest absolute Gasteiger partial charge is 0.0812 e. The lowest BCUT2D eigenvalue weighted by molar-refractivity contribution is 1.49. The predicted molar refractivity (Wildman–Crippen MR) is 104 cm³/mol. The molecule has 0 aliphatic carbocycles. The normalized spacial score (nSPS) is 11.3. The van der Waals surface area contributed by atoms with Crippen molar-refractivity contribution in [1.82, 2.24) is 9.97 Å². The molecule has 0 saturated carbocycles. The van der Waals surface area contributed by atoms with Crippen molar-refractivity contribution < 1.29 is 0 Å². The van der Waals surface area contributed by atoms with E-state index in [9.17, 15) is 0 Å². The van der Waals surface area contributed by atoms with E-state index in [4.69, 9.17) is 0 Å². The predicted octanol–water partition coefficient (Wildman–Crippen LogP) is 6.24. The van der Waals surface area contributed by atoms with Crippen LogP contribution in [0, 0.1) is 0 Å². The van der Waals surface area contributed by atoms with E-state index in [0.29, 0.717) is 0 Å². The second-order valence-corrected chi connectivity index (χ2v) is 7.39. The number of aromatic nitrogens is 2. The SMILES string of the molecule is c1ccc(-c2ccc3ncsc3c2)c(-c2ccc3ncsc3c2)c1. The van der Waals surface area contributed by atoms with Crippen LogP contribution in [-0.2, 0) is 0 Å². The Morgan fingerprint density at radius 1 is 0.583 bits per heavy atom. The van der Waals surface area contributed by atoms with Gasteiger partial charge in [0.1, 0.15) is 0 Å². The molecule has 0 amide bonds. The molecule has 114 valence electrons. The summed E-state index contributed by atoms with van der Waals surface area (Å²) in [4.78, 5) is 8.75. The van der Waals surface area contributed by atoms with Crippen LogP contribution in [-0.4, -0.2) is 9.97 Å². The van der Waals surface area contributed by atoms with Crippen LogP contribution < -0.4 is 0 Å². The molecule has 0 N–H and O–H groups in total. The first kappa shape index (κ1) is 13.8. The molecular formula is C20H12N2S2. The van der Waals surface area contributed by atoms with Gasteiger partial charge >= 0.3 is 0 Å². The van der Waals surface area contributed by atoms with Gasteiger partial charge in [0.15, 0.2) is 0 Å². The van der Waals surface area contributed by atoms with Crippen molar-refractivity contribution in [2.75, 3.05) is 0 Å². The van der Waals surface area contributed by atoms with Crippen molar-refractivity contribution in [3.63, 3.8) is 0 Å². The van der Waals surface area contributed by atoms with Crippen molar-refractivity contribution in [3.05, 3.63) is 71.7 Å². The van der Waals surface area contributed by atoms with Gasteiger partial charge in [-0.05, 0) is 46.5 Å². The molecule has 0 aliphatic rings. The highest BCUT2D eigenvalue weighted by atomic mass is 32.1. The molecule has 0 saturated heterocycles. The van der Waals surface area contributed by atoms with E-state index in [2.05, 4.69) is 70.6 Å². The molecule has 4 heteroatoms. The zero-order valence-electron chi connectivity index (χ0n) is 12.6. The number of fused-ring (bicyclic) bond motifs is 2. The minimum Gasteiger partial charge on any atom is -0.245 e. The van der Waals surface area contributed by atoms with E-state index in [-0.39, 0.29) is 0 Å². The fourth-order valence-electron chi connectivity index (χ4n) is 3.03. The highest BCUT2D eigenvalue weighted by Gasteiger charge is 2.09. The van der Waals surface area contributed by atoms with Gasteiger partial charge in [-0.2, -0.15) is 0 Å². The van der Waals surface area contributed by atoms with Crippen LogP contribution in [0.15, 0.2) is 71.7 Å². The lowest BCUT2D eigenvalue weighted by atomic mass is 9.94. The molecule has 5 aromatic rings. The van der Waals surface area contributed by atoms with Gasteiger partial charge < -0.3 is 0 Å². The highest BCUT2D eigenvalue weighted by molar-refractivity contribution is 7.17. The van der Waals surface area contributed by atoms with E-state index >= 15 is 0 Å². The molecule has 0 bridgehead atoms. The Labute approximate surface area is 147 Å². The molecule has 0 aliphatic heterocycles. The van der Waals surface area contributed by atoms with Crippen molar-refractivity contribution in [2.45, 2.75) is 0 Å². The summed E-state index contributed by atoms with van der Waals surface area (Å²) in [6.07, 6.45) is 0. The summed E-state index contributed by atoms with van der Waals surface area (Å²) in [5, 5.41) is 0. The topological polar surface area (TPSA) is 25.8 Å². The van der Waals surface area contributed by atoms with Gasteiger partial charge in [-0.3, -0.25) is 0 Å². The molecule has 0 atom stereocenters. The molecule has 2 heterocycles. The lowest BCUT2D eigenvalue weighted by Gasteiger charge is -2.10. The number of nitrogens with zero attached hydrogens (tertiary/aromatic N) is 2. The Balaban J connectivity index is 1.72. The molecule has 2 aromatic heterocycles. The first-order chi connectivity index (χ1) is 11.9. The van der Waals surface area contributed by atoms with Crippen LogP contribution >= 0.6 is 22.7 Å². The first-order valence-corrected chi connectivity index (χ1v) is 9.41. The molecule has 5 rings (SSSR count). The Hall–Kier alpha value is -2.56. The van der Waals surface area contributed by atoms with E-state index in [1.54, 1.807) is 22.7 Å². The van der Waals surface area contributed by atoms with Crippen molar-refractivity contribution in [3.8, 4) is 22.3 Å². The molecular weight excluding hydrogens is 332 g/mol. The second-order valence-electron chi connectivity index (χ2n) is 5.62. The summed E-state index contributed by atoms with van der Waals surface area (Å²) in [6, 6.07) is 21.6. The summed E-state index contributed by atoms with van der Waals surface area (Å²) in [5.41, 5.74) is 10.9. The lowest BCUT2D eigenvalue weighted by Crippen LogP contribution is -1.85. The molecule has 0 fully saturated rings. The number of benzene rings is 3. The van der Waals surface area contributed by atoms with Gasteiger partial charge in [-0.15, -0.1) is 22.7 Å². The molecule has 0 unspecified atom stereocenters. The van der Waals surface area contributed by atoms with E-state index in [1.807, 2.05) is 11.0 Å². The van der Waals surface area contributed by atoms with Crippen LogP contribution in [0.25, 0.3) is 42.7 Å². The van der Waals surface area contributed by atoms with Crippen molar-refractivity contribution in [2.24, 2.45) is 0 Å². The van der Waals surface area contributed by atoms with Crippen molar-refractivity contribution >= 4 is 43.1 Å². The van der Waals surface area contributed by atoms with Gasteiger partial charge in [0.25, 0.3) is 0 Å². The zero-order chi connectivity index (χ0) is 15.9. The Morgan fingerprint density at radius 3 is 1.58 bits per heavy atom. The fourth-order valence-corrected chi connectivity index (χ4v) is 4.46. The maximum absolute atomic E-state index is 4.38. The summed E-state index contributed by atoms with van der Waals surface area (Å²) in [7, 11) is 0. The van der Waals surface area contributed by atoms with Crippen molar-refractivity contribution in [1.29, 1.82) is 0 Å². The van der Waals surface area contributed by atoms with Crippen LogP contribution in [0.4, 0.5) is 0 Å². The van der Waals surface area contributed by atoms with Gasteiger partial charge in [0.2, 0.25) is 0 Å². The van der Waals surface area contributed by atoms with E-state index in [1.165, 1.54) is 31.7 Å². The number of hydrogen-bond donors (Lipinski definition) is 0. The Morgan fingerprint density at radius 2 is 1.08 bits per heavy atom. The maximum Gasteiger partial charge on any atom is 0.0812 e. The third-order valence-electron chi connectivity index (χ3n) is 4.21. The van der Waals surface area contributed by atoms with Gasteiger partial charge in [0, 0.05) is 0 Å². The third-order valence-corrected chi connectivity index (χ3v) is 5.80. The number of hydrogen-bond acceptors (Lipinski definition) is 4. The minimum atomic E-state index is 1.06. The second kappa shape index (κ2) is 5.51. The Bertz CT molecular complexity index is 1080. The number of rotatable bonds is 2. The summed E-state index contributed by atoms with van der Waals surface area (Å²) in [6.45, 7) is 0. The fraction of sp³-hybridized carbons (Fsp3) is 0. The van der Waals surface area contributed by atoms with Gasteiger partial charge in [-0.25, -0.2) is 9.97 Å². The van der Waals surface area contributed by atoms with Gasteiger partial charge in [0.05, 0.1) is 31.5 Å². The molecule has 3 aromatic carbocycles. The summed E-state index contributed by atoms with van der Waals surface area (Å²) < 4.78 is 2.44. The largest absolute Gasteiger partial charge is 0.245 e.